The van der Waals surface area contributed by atoms with Crippen LogP contribution in [0, 0.1) is 10.1 Å². The van der Waals surface area contributed by atoms with Crippen LogP contribution < -0.4 is 4.74 Å². The van der Waals surface area contributed by atoms with Gasteiger partial charge in [-0.05, 0) is 17.7 Å². The molecule has 9 nitrogen and oxygen atoms in total. The molecule has 0 saturated carbocycles. The fourth-order valence-corrected chi connectivity index (χ4v) is 1.93. The largest absolute Gasteiger partial charge is 0.497 e. The van der Waals surface area contributed by atoms with E-state index in [2.05, 4.69) is 4.84 Å². The molecule has 0 aliphatic carbocycles. The van der Waals surface area contributed by atoms with Crippen molar-refractivity contribution < 1.29 is 34.1 Å². The molecule has 0 fully saturated rings. The number of hydrogen-bond acceptors (Lipinski definition) is 7. The summed E-state index contributed by atoms with van der Waals surface area (Å²) in [5.74, 6) is -3.67. The molecule has 0 aliphatic heterocycles. The van der Waals surface area contributed by atoms with E-state index in [0.717, 1.165) is 6.92 Å². The van der Waals surface area contributed by atoms with Gasteiger partial charge in [-0.1, -0.05) is 6.07 Å². The standard InChI is InChI=1S/C13H15NO8/c1-8(15)21-13(2,22-14(18)19)7-9-4-5-10(20-3)6-11(9)12(16)17/h4-6H,7H2,1-3H3,(H,16,17). The second-order valence-electron chi connectivity index (χ2n) is 4.55. The molecule has 0 bridgehead atoms. The van der Waals surface area contributed by atoms with E-state index in [0.29, 0.717) is 5.75 Å². The lowest BCUT2D eigenvalue weighted by atomic mass is 10.00. The molecule has 1 rings (SSSR count). The number of carbonyl (C=O) groups is 2. The van der Waals surface area contributed by atoms with Crippen LogP contribution in [0.15, 0.2) is 18.2 Å². The van der Waals surface area contributed by atoms with Crippen LogP contribution in [0.1, 0.15) is 29.8 Å². The van der Waals surface area contributed by atoms with E-state index < -0.39 is 22.8 Å². The van der Waals surface area contributed by atoms with Gasteiger partial charge in [-0.15, -0.1) is 10.1 Å². The fourth-order valence-electron chi connectivity index (χ4n) is 1.93. The maximum atomic E-state index is 11.3. The van der Waals surface area contributed by atoms with Gasteiger partial charge in [0.15, 0.2) is 0 Å². The van der Waals surface area contributed by atoms with Crippen LogP contribution in [0.2, 0.25) is 0 Å². The van der Waals surface area contributed by atoms with E-state index in [-0.39, 0.29) is 17.5 Å². The second-order valence-corrected chi connectivity index (χ2v) is 4.55. The summed E-state index contributed by atoms with van der Waals surface area (Å²) < 4.78 is 9.75. The van der Waals surface area contributed by atoms with Crippen molar-refractivity contribution >= 4 is 11.9 Å². The lowest BCUT2D eigenvalue weighted by molar-refractivity contribution is -0.793. The van der Waals surface area contributed by atoms with Crippen LogP contribution >= 0.6 is 0 Å². The maximum absolute atomic E-state index is 11.3. The van der Waals surface area contributed by atoms with Crippen molar-refractivity contribution in [3.05, 3.63) is 39.4 Å². The zero-order valence-electron chi connectivity index (χ0n) is 12.2. The van der Waals surface area contributed by atoms with Gasteiger partial charge in [-0.25, -0.2) is 4.79 Å². The lowest BCUT2D eigenvalue weighted by Crippen LogP contribution is -2.39. The summed E-state index contributed by atoms with van der Waals surface area (Å²) in [4.78, 5) is 37.3. The number of methoxy groups -OCH3 is 1. The average molecular weight is 313 g/mol. The van der Waals surface area contributed by atoms with E-state index in [1.807, 2.05) is 0 Å². The molecule has 0 heterocycles. The molecule has 1 atom stereocenters. The Balaban J connectivity index is 3.19. The minimum absolute atomic E-state index is 0.135. The molecular weight excluding hydrogens is 298 g/mol. The first-order valence-electron chi connectivity index (χ1n) is 6.10. The van der Waals surface area contributed by atoms with Crippen LogP contribution in [-0.2, 0) is 20.8 Å². The summed E-state index contributed by atoms with van der Waals surface area (Å²) in [5.41, 5.74) is 0.0589. The Hall–Kier alpha value is -2.84. The number of rotatable bonds is 7. The number of nitrogens with zero attached hydrogens (tertiary/aromatic N) is 1. The third-order valence-electron chi connectivity index (χ3n) is 2.69. The van der Waals surface area contributed by atoms with Gasteiger partial charge in [0.05, 0.1) is 12.7 Å². The SMILES string of the molecule is COc1ccc(CC(C)(OC(C)=O)O[N+](=O)[O-])c(C(=O)O)c1. The molecule has 0 amide bonds. The molecule has 1 N–H and O–H groups in total. The highest BCUT2D eigenvalue weighted by atomic mass is 17.0. The molecule has 0 saturated heterocycles. The van der Waals surface area contributed by atoms with E-state index >= 15 is 0 Å². The second kappa shape index (κ2) is 6.74. The van der Waals surface area contributed by atoms with Crippen LogP contribution in [0.5, 0.6) is 5.75 Å². The minimum atomic E-state index is -1.94. The normalized spacial score (nSPS) is 12.9. The lowest BCUT2D eigenvalue weighted by Gasteiger charge is -2.27. The first-order valence-corrected chi connectivity index (χ1v) is 6.10. The Labute approximate surface area is 125 Å². The Morgan fingerprint density at radius 1 is 1.41 bits per heavy atom. The third kappa shape index (κ3) is 4.62. The highest BCUT2D eigenvalue weighted by molar-refractivity contribution is 5.90. The molecule has 1 aromatic rings. The van der Waals surface area contributed by atoms with Crippen LogP contribution in [0.3, 0.4) is 0 Å². The van der Waals surface area contributed by atoms with Crippen molar-refractivity contribution in [1.29, 1.82) is 0 Å². The van der Waals surface area contributed by atoms with Gasteiger partial charge < -0.3 is 14.6 Å². The van der Waals surface area contributed by atoms with E-state index in [4.69, 9.17) is 9.47 Å². The highest BCUT2D eigenvalue weighted by Crippen LogP contribution is 2.25. The van der Waals surface area contributed by atoms with Crippen molar-refractivity contribution in [3.8, 4) is 5.75 Å². The molecule has 0 aromatic heterocycles. The number of ether oxygens (including phenoxy) is 2. The monoisotopic (exact) mass is 313 g/mol. The van der Waals surface area contributed by atoms with Gasteiger partial charge in [0.25, 0.3) is 10.9 Å². The Morgan fingerprint density at radius 3 is 2.50 bits per heavy atom. The van der Waals surface area contributed by atoms with E-state index in [9.17, 15) is 24.8 Å². The first-order chi connectivity index (χ1) is 10.2. The summed E-state index contributed by atoms with van der Waals surface area (Å²) in [7, 11) is 1.37. The number of hydrogen-bond donors (Lipinski definition) is 1. The smallest absolute Gasteiger partial charge is 0.336 e. The summed E-state index contributed by atoms with van der Waals surface area (Å²) in [6.07, 6.45) is -0.320. The number of carboxylic acid groups (broad SMARTS) is 1. The van der Waals surface area contributed by atoms with Gasteiger partial charge >= 0.3 is 11.9 Å². The van der Waals surface area contributed by atoms with Gasteiger partial charge in [-0.3, -0.25) is 9.63 Å². The molecule has 0 spiro atoms. The average Bonchev–Trinajstić information content (AvgIpc) is 2.36. The zero-order valence-corrected chi connectivity index (χ0v) is 12.2. The summed E-state index contributed by atoms with van der Waals surface area (Å²) in [5, 5.41) is 18.7. The quantitative estimate of drug-likeness (QED) is 0.347. The van der Waals surface area contributed by atoms with Crippen molar-refractivity contribution in [1.82, 2.24) is 0 Å². The van der Waals surface area contributed by atoms with Crippen molar-refractivity contribution in [2.45, 2.75) is 26.1 Å². The van der Waals surface area contributed by atoms with Crippen LogP contribution in [0.4, 0.5) is 0 Å². The molecule has 9 heteroatoms. The van der Waals surface area contributed by atoms with Crippen molar-refractivity contribution in [2.24, 2.45) is 0 Å². The van der Waals surface area contributed by atoms with Gasteiger partial charge in [-0.2, -0.15) is 0 Å². The summed E-state index contributed by atoms with van der Waals surface area (Å²) in [6.45, 7) is 2.24. The van der Waals surface area contributed by atoms with Crippen molar-refractivity contribution in [2.75, 3.05) is 7.11 Å². The Kier molecular flexibility index (Phi) is 5.28. The third-order valence-corrected chi connectivity index (χ3v) is 2.69. The Bertz CT molecular complexity index is 582. The minimum Gasteiger partial charge on any atom is -0.497 e. The predicted molar refractivity (Wildman–Crippen MR) is 71.9 cm³/mol. The number of carbonyl (C=O) groups excluding carboxylic acids is 1. The molecular formula is C13H15NO8. The first kappa shape index (κ1) is 17.2. The number of carboxylic acids is 1. The molecule has 0 radical (unpaired) electrons. The number of benzene rings is 1. The molecule has 0 aliphatic rings. The van der Waals surface area contributed by atoms with Crippen LogP contribution in [-0.4, -0.2) is 35.0 Å². The topological polar surface area (TPSA) is 125 Å². The van der Waals surface area contributed by atoms with Gasteiger partial charge in [0.1, 0.15) is 5.75 Å². The summed E-state index contributed by atoms with van der Waals surface area (Å²) >= 11 is 0. The van der Waals surface area contributed by atoms with Crippen molar-refractivity contribution in [3.63, 3.8) is 0 Å². The molecule has 22 heavy (non-hydrogen) atoms. The maximum Gasteiger partial charge on any atom is 0.336 e. The van der Waals surface area contributed by atoms with E-state index in [1.54, 1.807) is 0 Å². The number of aromatic carboxylic acids is 1. The van der Waals surface area contributed by atoms with Gasteiger partial charge in [0, 0.05) is 20.3 Å². The predicted octanol–water partition coefficient (Wildman–Crippen LogP) is 1.42. The van der Waals surface area contributed by atoms with Crippen LogP contribution in [0.25, 0.3) is 0 Å². The Morgan fingerprint density at radius 2 is 2.05 bits per heavy atom. The molecule has 120 valence electrons. The van der Waals surface area contributed by atoms with Gasteiger partial charge in [0.2, 0.25) is 0 Å². The summed E-state index contributed by atoms with van der Waals surface area (Å²) in [6, 6.07) is 4.16. The fraction of sp³-hybridized carbons (Fsp3) is 0.385. The molecule has 1 aromatic carbocycles. The highest BCUT2D eigenvalue weighted by Gasteiger charge is 2.34. The zero-order chi connectivity index (χ0) is 16.9. The van der Waals surface area contributed by atoms with E-state index in [1.165, 1.54) is 32.2 Å². The molecule has 1 unspecified atom stereocenters. The number of esters is 1.